The van der Waals surface area contributed by atoms with Gasteiger partial charge in [-0.05, 0) is 25.1 Å². The standard InChI is InChI=1S/C12H8FN3O2/c1-7-11(18-6-15-7)12(17)16-9-2-3-10(13)8(4-9)5-14/h2-4,6H,1H3,(H,16,17). The van der Waals surface area contributed by atoms with Crippen molar-refractivity contribution >= 4 is 11.6 Å². The number of nitrogens with zero attached hydrogens (tertiary/aromatic N) is 2. The first-order chi connectivity index (χ1) is 8.61. The van der Waals surface area contributed by atoms with Gasteiger partial charge in [0.25, 0.3) is 5.91 Å². The quantitative estimate of drug-likeness (QED) is 0.879. The SMILES string of the molecule is Cc1ncoc1C(=O)Nc1ccc(F)c(C#N)c1. The minimum atomic E-state index is -0.633. The zero-order valence-corrected chi connectivity index (χ0v) is 9.40. The fraction of sp³-hybridized carbons (Fsp3) is 0.0833. The summed E-state index contributed by atoms with van der Waals surface area (Å²) in [5.41, 5.74) is 0.631. The molecule has 1 aromatic heterocycles. The van der Waals surface area contributed by atoms with E-state index in [1.54, 1.807) is 13.0 Å². The van der Waals surface area contributed by atoms with Crippen LogP contribution in [0.3, 0.4) is 0 Å². The third kappa shape index (κ3) is 2.20. The van der Waals surface area contributed by atoms with E-state index in [2.05, 4.69) is 10.3 Å². The van der Waals surface area contributed by atoms with Crippen LogP contribution < -0.4 is 5.32 Å². The molecule has 6 heteroatoms. The molecule has 0 unspecified atom stereocenters. The molecule has 5 nitrogen and oxygen atoms in total. The fourth-order valence-corrected chi connectivity index (χ4v) is 1.40. The Hall–Kier alpha value is -2.68. The lowest BCUT2D eigenvalue weighted by Crippen LogP contribution is -2.12. The van der Waals surface area contributed by atoms with E-state index in [4.69, 9.17) is 9.68 Å². The summed E-state index contributed by atoms with van der Waals surface area (Å²) in [4.78, 5) is 15.5. The van der Waals surface area contributed by atoms with Crippen LogP contribution in [0.2, 0.25) is 0 Å². The Kier molecular flexibility index (Phi) is 3.06. The van der Waals surface area contributed by atoms with Crippen molar-refractivity contribution < 1.29 is 13.6 Å². The highest BCUT2D eigenvalue weighted by atomic mass is 19.1. The molecule has 18 heavy (non-hydrogen) atoms. The first-order valence-electron chi connectivity index (χ1n) is 5.03. The van der Waals surface area contributed by atoms with Crippen molar-refractivity contribution in [1.82, 2.24) is 4.98 Å². The number of hydrogen-bond acceptors (Lipinski definition) is 4. The molecule has 2 aromatic rings. The number of benzene rings is 1. The Morgan fingerprint density at radius 3 is 2.94 bits per heavy atom. The van der Waals surface area contributed by atoms with Gasteiger partial charge in [0, 0.05) is 5.69 Å². The summed E-state index contributed by atoms with van der Waals surface area (Å²) in [6.45, 7) is 1.63. The summed E-state index contributed by atoms with van der Waals surface area (Å²) in [6.07, 6.45) is 1.16. The molecule has 1 amide bonds. The number of rotatable bonds is 2. The third-order valence-corrected chi connectivity index (χ3v) is 2.30. The van der Waals surface area contributed by atoms with Gasteiger partial charge in [0.2, 0.25) is 5.76 Å². The van der Waals surface area contributed by atoms with Crippen molar-refractivity contribution in [3.05, 3.63) is 47.4 Å². The molecule has 0 atom stereocenters. The molecule has 0 saturated heterocycles. The highest BCUT2D eigenvalue weighted by molar-refractivity contribution is 6.02. The Morgan fingerprint density at radius 1 is 1.56 bits per heavy atom. The molecule has 0 bridgehead atoms. The van der Waals surface area contributed by atoms with Gasteiger partial charge in [-0.3, -0.25) is 4.79 Å². The molecule has 2 rings (SSSR count). The number of aromatic nitrogens is 1. The van der Waals surface area contributed by atoms with Crippen LogP contribution in [0.5, 0.6) is 0 Å². The zero-order valence-electron chi connectivity index (χ0n) is 9.40. The predicted molar refractivity (Wildman–Crippen MR) is 60.3 cm³/mol. The van der Waals surface area contributed by atoms with Crippen LogP contribution in [0.4, 0.5) is 10.1 Å². The van der Waals surface area contributed by atoms with Crippen LogP contribution in [-0.4, -0.2) is 10.9 Å². The van der Waals surface area contributed by atoms with Crippen LogP contribution in [0.25, 0.3) is 0 Å². The molecule has 0 saturated carbocycles. The second kappa shape index (κ2) is 4.67. The number of carbonyl (C=O) groups excluding carboxylic acids is 1. The topological polar surface area (TPSA) is 78.9 Å². The molecule has 0 aliphatic heterocycles. The maximum absolute atomic E-state index is 13.1. The van der Waals surface area contributed by atoms with Gasteiger partial charge in [0.1, 0.15) is 11.9 Å². The van der Waals surface area contributed by atoms with E-state index in [1.807, 2.05) is 0 Å². The van der Waals surface area contributed by atoms with E-state index in [0.717, 1.165) is 12.5 Å². The molecule has 1 aromatic carbocycles. The van der Waals surface area contributed by atoms with E-state index >= 15 is 0 Å². The number of nitrogens with one attached hydrogen (secondary N) is 1. The van der Waals surface area contributed by atoms with Crippen molar-refractivity contribution in [3.8, 4) is 6.07 Å². The van der Waals surface area contributed by atoms with Crippen LogP contribution in [-0.2, 0) is 0 Å². The van der Waals surface area contributed by atoms with E-state index < -0.39 is 11.7 Å². The Bertz CT molecular complexity index is 643. The summed E-state index contributed by atoms with van der Waals surface area (Å²) >= 11 is 0. The number of nitriles is 1. The molecule has 0 aliphatic rings. The van der Waals surface area contributed by atoms with Gasteiger partial charge in [-0.25, -0.2) is 9.37 Å². The van der Waals surface area contributed by atoms with Gasteiger partial charge in [-0.15, -0.1) is 0 Å². The first kappa shape index (κ1) is 11.8. The summed E-state index contributed by atoms with van der Waals surface area (Å²) in [6, 6.07) is 5.42. The van der Waals surface area contributed by atoms with E-state index in [1.165, 1.54) is 12.1 Å². The lowest BCUT2D eigenvalue weighted by Gasteiger charge is -2.04. The maximum Gasteiger partial charge on any atom is 0.293 e. The zero-order chi connectivity index (χ0) is 13.1. The van der Waals surface area contributed by atoms with Gasteiger partial charge < -0.3 is 9.73 Å². The molecule has 0 fully saturated rings. The predicted octanol–water partition coefficient (Wildman–Crippen LogP) is 2.25. The molecule has 0 aliphatic carbocycles. The number of carbonyl (C=O) groups is 1. The van der Waals surface area contributed by atoms with E-state index in [9.17, 15) is 9.18 Å². The lowest BCUT2D eigenvalue weighted by molar-refractivity contribution is 0.0996. The maximum atomic E-state index is 13.1. The van der Waals surface area contributed by atoms with Gasteiger partial charge >= 0.3 is 0 Å². The molecule has 0 radical (unpaired) electrons. The fourth-order valence-electron chi connectivity index (χ4n) is 1.40. The first-order valence-corrected chi connectivity index (χ1v) is 5.03. The molecular weight excluding hydrogens is 237 g/mol. The molecule has 1 heterocycles. The number of halogens is 1. The smallest absolute Gasteiger partial charge is 0.293 e. The number of hydrogen-bond donors (Lipinski definition) is 1. The van der Waals surface area contributed by atoms with Crippen molar-refractivity contribution in [1.29, 1.82) is 5.26 Å². The summed E-state index contributed by atoms with van der Waals surface area (Å²) in [5, 5.41) is 11.2. The lowest BCUT2D eigenvalue weighted by atomic mass is 10.2. The number of amides is 1. The van der Waals surface area contributed by atoms with Gasteiger partial charge in [0.05, 0.1) is 11.3 Å². The molecule has 0 spiro atoms. The van der Waals surface area contributed by atoms with Crippen molar-refractivity contribution in [2.45, 2.75) is 6.92 Å². The number of anilines is 1. The Balaban J connectivity index is 2.23. The average Bonchev–Trinajstić information content (AvgIpc) is 2.78. The van der Waals surface area contributed by atoms with Crippen molar-refractivity contribution in [3.63, 3.8) is 0 Å². The highest BCUT2D eigenvalue weighted by Crippen LogP contribution is 2.15. The average molecular weight is 245 g/mol. The van der Waals surface area contributed by atoms with Crippen LogP contribution in [0.15, 0.2) is 29.0 Å². The Labute approximate surface area is 102 Å². The van der Waals surface area contributed by atoms with Crippen LogP contribution in [0.1, 0.15) is 21.8 Å². The van der Waals surface area contributed by atoms with Crippen molar-refractivity contribution in [2.24, 2.45) is 0 Å². The van der Waals surface area contributed by atoms with Gasteiger partial charge in [-0.2, -0.15) is 5.26 Å². The minimum Gasteiger partial charge on any atom is -0.438 e. The van der Waals surface area contributed by atoms with Gasteiger partial charge in [-0.1, -0.05) is 0 Å². The van der Waals surface area contributed by atoms with Crippen LogP contribution in [0, 0.1) is 24.1 Å². The highest BCUT2D eigenvalue weighted by Gasteiger charge is 2.14. The Morgan fingerprint density at radius 2 is 2.33 bits per heavy atom. The van der Waals surface area contributed by atoms with E-state index in [0.29, 0.717) is 11.4 Å². The monoisotopic (exact) mass is 245 g/mol. The minimum absolute atomic E-state index is 0.0813. The second-order valence-electron chi connectivity index (χ2n) is 3.53. The molecular formula is C12H8FN3O2. The second-order valence-corrected chi connectivity index (χ2v) is 3.53. The third-order valence-electron chi connectivity index (χ3n) is 2.30. The summed E-state index contributed by atoms with van der Waals surface area (Å²) < 4.78 is 18.0. The summed E-state index contributed by atoms with van der Waals surface area (Å²) in [7, 11) is 0. The molecule has 90 valence electrons. The number of oxazole rings is 1. The number of aryl methyl sites for hydroxylation is 1. The van der Waals surface area contributed by atoms with Crippen LogP contribution >= 0.6 is 0 Å². The van der Waals surface area contributed by atoms with Gasteiger partial charge in [0.15, 0.2) is 6.39 Å². The molecule has 1 N–H and O–H groups in total. The summed E-state index contributed by atoms with van der Waals surface area (Å²) in [5.74, 6) is -1.05. The normalized spacial score (nSPS) is 9.83. The van der Waals surface area contributed by atoms with Crippen molar-refractivity contribution in [2.75, 3.05) is 5.32 Å². The van der Waals surface area contributed by atoms with E-state index in [-0.39, 0.29) is 11.3 Å². The largest absolute Gasteiger partial charge is 0.438 e.